The summed E-state index contributed by atoms with van der Waals surface area (Å²) in [5.41, 5.74) is 4.90. The average Bonchev–Trinajstić information content (AvgIpc) is 2.51. The Kier molecular flexibility index (Phi) is 4.77. The van der Waals surface area contributed by atoms with Crippen LogP contribution in [-0.2, 0) is 0 Å². The SMILES string of the molecule is C=C/C(=C\N(C)C)C1=CC(=C(C)C)C=CC=C1. The fourth-order valence-electron chi connectivity index (χ4n) is 1.60. The van der Waals surface area contributed by atoms with Crippen molar-refractivity contribution in [1.82, 2.24) is 4.90 Å². The van der Waals surface area contributed by atoms with Crippen LogP contribution in [0.15, 0.2) is 71.5 Å². The van der Waals surface area contributed by atoms with E-state index in [0.29, 0.717) is 0 Å². The molecule has 0 amide bonds. The summed E-state index contributed by atoms with van der Waals surface area (Å²) in [6.07, 6.45) is 14.6. The normalized spacial score (nSPS) is 15.4. The standard InChI is InChI=1S/C16H21N/c1-6-14(12-17(4)5)16-10-8-7-9-15(11-16)13(2)3/h6-12H,1H2,2-5H3/b14-12+. The number of allylic oxidation sites excluding steroid dienone is 10. The van der Waals surface area contributed by atoms with Gasteiger partial charge < -0.3 is 4.90 Å². The summed E-state index contributed by atoms with van der Waals surface area (Å²) < 4.78 is 0. The van der Waals surface area contributed by atoms with Gasteiger partial charge in [-0.25, -0.2) is 0 Å². The molecule has 0 aromatic carbocycles. The smallest absolute Gasteiger partial charge is 0.00645 e. The number of rotatable bonds is 3. The molecule has 1 rings (SSSR count). The van der Waals surface area contributed by atoms with E-state index in [1.54, 1.807) is 0 Å². The maximum atomic E-state index is 3.88. The van der Waals surface area contributed by atoms with Crippen molar-refractivity contribution in [3.63, 3.8) is 0 Å². The minimum atomic E-state index is 1.13. The van der Waals surface area contributed by atoms with Gasteiger partial charge in [-0.15, -0.1) is 0 Å². The fraction of sp³-hybridized carbons (Fsp3) is 0.250. The van der Waals surface area contributed by atoms with Crippen LogP contribution >= 0.6 is 0 Å². The highest BCUT2D eigenvalue weighted by Gasteiger charge is 2.02. The van der Waals surface area contributed by atoms with E-state index in [1.807, 2.05) is 25.1 Å². The molecule has 0 aliphatic heterocycles. The zero-order valence-electron chi connectivity index (χ0n) is 11.2. The first kappa shape index (κ1) is 13.3. The predicted molar refractivity (Wildman–Crippen MR) is 76.7 cm³/mol. The lowest BCUT2D eigenvalue weighted by Gasteiger charge is -2.10. The zero-order chi connectivity index (χ0) is 12.8. The van der Waals surface area contributed by atoms with Crippen LogP contribution in [0.4, 0.5) is 0 Å². The molecular formula is C16H21N. The van der Waals surface area contributed by atoms with Gasteiger partial charge in [-0.2, -0.15) is 0 Å². The first-order valence-corrected chi connectivity index (χ1v) is 5.79. The minimum absolute atomic E-state index is 1.13. The first-order chi connectivity index (χ1) is 8.04. The second-order valence-corrected chi connectivity index (χ2v) is 4.53. The van der Waals surface area contributed by atoms with E-state index in [0.717, 1.165) is 5.57 Å². The number of hydrogen-bond donors (Lipinski definition) is 0. The molecule has 0 heterocycles. The molecule has 1 aliphatic carbocycles. The Morgan fingerprint density at radius 1 is 1.18 bits per heavy atom. The van der Waals surface area contributed by atoms with Gasteiger partial charge >= 0.3 is 0 Å². The summed E-state index contributed by atoms with van der Waals surface area (Å²) in [6.45, 7) is 8.14. The van der Waals surface area contributed by atoms with E-state index in [9.17, 15) is 0 Å². The van der Waals surface area contributed by atoms with Crippen molar-refractivity contribution < 1.29 is 0 Å². The van der Waals surface area contributed by atoms with Crippen molar-refractivity contribution >= 4 is 0 Å². The van der Waals surface area contributed by atoms with Gasteiger partial charge in [0, 0.05) is 20.3 Å². The Labute approximate surface area is 105 Å². The highest BCUT2D eigenvalue weighted by molar-refractivity contribution is 5.54. The zero-order valence-corrected chi connectivity index (χ0v) is 11.2. The lowest BCUT2D eigenvalue weighted by atomic mass is 10.0. The van der Waals surface area contributed by atoms with Crippen molar-refractivity contribution in [3.8, 4) is 0 Å². The van der Waals surface area contributed by atoms with Crippen LogP contribution in [0.1, 0.15) is 13.8 Å². The third-order valence-electron chi connectivity index (χ3n) is 2.50. The van der Waals surface area contributed by atoms with E-state index in [-0.39, 0.29) is 0 Å². The monoisotopic (exact) mass is 227 g/mol. The molecule has 0 atom stereocenters. The average molecular weight is 227 g/mol. The van der Waals surface area contributed by atoms with E-state index in [4.69, 9.17) is 0 Å². The molecule has 1 heteroatoms. The summed E-state index contributed by atoms with van der Waals surface area (Å²) >= 11 is 0. The highest BCUT2D eigenvalue weighted by atomic mass is 15.0. The summed E-state index contributed by atoms with van der Waals surface area (Å²) in [5.74, 6) is 0. The third-order valence-corrected chi connectivity index (χ3v) is 2.50. The molecule has 0 spiro atoms. The summed E-state index contributed by atoms with van der Waals surface area (Å²) in [4.78, 5) is 2.03. The topological polar surface area (TPSA) is 3.24 Å². The molecule has 1 aliphatic rings. The van der Waals surface area contributed by atoms with Crippen molar-refractivity contribution in [1.29, 1.82) is 0 Å². The lowest BCUT2D eigenvalue weighted by Crippen LogP contribution is -2.03. The third kappa shape index (κ3) is 3.95. The molecule has 0 aromatic heterocycles. The molecular weight excluding hydrogens is 206 g/mol. The molecule has 90 valence electrons. The van der Waals surface area contributed by atoms with E-state index in [2.05, 4.69) is 57.0 Å². The Morgan fingerprint density at radius 3 is 2.35 bits per heavy atom. The Bertz CT molecular complexity index is 436. The van der Waals surface area contributed by atoms with Gasteiger partial charge in [-0.1, -0.05) is 42.5 Å². The predicted octanol–water partition coefficient (Wildman–Crippen LogP) is 4.01. The summed E-state index contributed by atoms with van der Waals surface area (Å²) in [6, 6.07) is 0. The van der Waals surface area contributed by atoms with Crippen LogP contribution in [0.3, 0.4) is 0 Å². The van der Waals surface area contributed by atoms with Crippen LogP contribution in [0, 0.1) is 0 Å². The van der Waals surface area contributed by atoms with Gasteiger partial charge in [0.05, 0.1) is 0 Å². The highest BCUT2D eigenvalue weighted by Crippen LogP contribution is 2.20. The largest absolute Gasteiger partial charge is 0.383 e. The van der Waals surface area contributed by atoms with Gasteiger partial charge in [0.1, 0.15) is 0 Å². The quantitative estimate of drug-likeness (QED) is 0.659. The molecule has 17 heavy (non-hydrogen) atoms. The molecule has 0 radical (unpaired) electrons. The number of nitrogens with zero attached hydrogens (tertiary/aromatic N) is 1. The van der Waals surface area contributed by atoms with Crippen LogP contribution in [-0.4, -0.2) is 19.0 Å². The molecule has 1 nitrogen and oxygen atoms in total. The maximum Gasteiger partial charge on any atom is 0.00645 e. The van der Waals surface area contributed by atoms with Gasteiger partial charge in [-0.05, 0) is 36.6 Å². The molecule has 0 saturated heterocycles. The van der Waals surface area contributed by atoms with Gasteiger partial charge in [0.25, 0.3) is 0 Å². The second-order valence-electron chi connectivity index (χ2n) is 4.53. The fourth-order valence-corrected chi connectivity index (χ4v) is 1.60. The number of hydrogen-bond acceptors (Lipinski definition) is 1. The molecule has 0 bridgehead atoms. The van der Waals surface area contributed by atoms with Gasteiger partial charge in [0.15, 0.2) is 0 Å². The minimum Gasteiger partial charge on any atom is -0.383 e. The van der Waals surface area contributed by atoms with E-state index in [1.165, 1.54) is 16.7 Å². The summed E-state index contributed by atoms with van der Waals surface area (Å²) in [7, 11) is 4.04. The summed E-state index contributed by atoms with van der Waals surface area (Å²) in [5, 5.41) is 0. The van der Waals surface area contributed by atoms with Gasteiger partial charge in [0.2, 0.25) is 0 Å². The van der Waals surface area contributed by atoms with Crippen molar-refractivity contribution in [2.24, 2.45) is 0 Å². The molecule has 0 fully saturated rings. The first-order valence-electron chi connectivity index (χ1n) is 5.79. The Hall–Kier alpha value is -1.76. The lowest BCUT2D eigenvalue weighted by molar-refractivity contribution is 0.561. The van der Waals surface area contributed by atoms with Crippen molar-refractivity contribution in [2.75, 3.05) is 14.1 Å². The van der Waals surface area contributed by atoms with Crippen LogP contribution < -0.4 is 0 Å². The van der Waals surface area contributed by atoms with Crippen LogP contribution in [0.2, 0.25) is 0 Å². The molecule has 0 N–H and O–H groups in total. The van der Waals surface area contributed by atoms with Crippen LogP contribution in [0.25, 0.3) is 0 Å². The van der Waals surface area contributed by atoms with Crippen molar-refractivity contribution in [3.05, 3.63) is 71.5 Å². The molecule has 0 aromatic rings. The van der Waals surface area contributed by atoms with Crippen LogP contribution in [0.5, 0.6) is 0 Å². The van der Waals surface area contributed by atoms with Crippen molar-refractivity contribution in [2.45, 2.75) is 13.8 Å². The molecule has 0 unspecified atom stereocenters. The Morgan fingerprint density at radius 2 is 1.82 bits per heavy atom. The molecule has 0 saturated carbocycles. The van der Waals surface area contributed by atoms with E-state index < -0.39 is 0 Å². The maximum absolute atomic E-state index is 3.88. The van der Waals surface area contributed by atoms with Gasteiger partial charge in [-0.3, -0.25) is 0 Å². The second kappa shape index (κ2) is 6.09. The van der Waals surface area contributed by atoms with E-state index >= 15 is 0 Å². The Balaban J connectivity index is 3.20.